The Morgan fingerprint density at radius 2 is 1.82 bits per heavy atom. The van der Waals surface area contributed by atoms with E-state index < -0.39 is 17.6 Å². The zero-order chi connectivity index (χ0) is 20.6. The first-order chi connectivity index (χ1) is 13.3. The number of carbonyl (C=O) groups is 2. The number of alkyl halides is 3. The topological polar surface area (TPSA) is 67.4 Å². The van der Waals surface area contributed by atoms with Crippen molar-refractivity contribution < 1.29 is 27.5 Å². The van der Waals surface area contributed by atoms with E-state index in [0.717, 1.165) is 12.5 Å². The van der Waals surface area contributed by atoms with Crippen LogP contribution >= 0.6 is 0 Å². The van der Waals surface area contributed by atoms with Crippen molar-refractivity contribution >= 4 is 11.8 Å². The fourth-order valence-electron chi connectivity index (χ4n) is 3.48. The van der Waals surface area contributed by atoms with Crippen molar-refractivity contribution in [2.45, 2.75) is 50.7 Å². The second kappa shape index (κ2) is 10.5. The van der Waals surface area contributed by atoms with E-state index in [2.05, 4.69) is 10.6 Å². The lowest BCUT2D eigenvalue weighted by Gasteiger charge is -2.28. The van der Waals surface area contributed by atoms with Gasteiger partial charge in [-0.05, 0) is 43.7 Å². The minimum Gasteiger partial charge on any atom is -0.385 e. The van der Waals surface area contributed by atoms with Gasteiger partial charge in [0.15, 0.2) is 0 Å². The SMILES string of the molecule is COCCCNC(=O)C1CCC(NC(=O)Cc2ccccc2C(F)(F)F)CC1. The lowest BCUT2D eigenvalue weighted by molar-refractivity contribution is -0.138. The Bertz CT molecular complexity index is 656. The second-order valence-corrected chi connectivity index (χ2v) is 7.09. The molecule has 28 heavy (non-hydrogen) atoms. The Hall–Kier alpha value is -2.09. The molecule has 1 aromatic rings. The van der Waals surface area contributed by atoms with Crippen molar-refractivity contribution in [3.05, 3.63) is 35.4 Å². The molecule has 0 aliphatic heterocycles. The van der Waals surface area contributed by atoms with Crippen LogP contribution in [0.15, 0.2) is 24.3 Å². The van der Waals surface area contributed by atoms with Crippen LogP contribution in [0.3, 0.4) is 0 Å². The summed E-state index contributed by atoms with van der Waals surface area (Å²) in [7, 11) is 1.61. The molecular formula is C20H27F3N2O3. The average Bonchev–Trinajstić information content (AvgIpc) is 2.65. The molecule has 1 saturated carbocycles. The Kier molecular flexibility index (Phi) is 8.29. The quantitative estimate of drug-likeness (QED) is 0.659. The van der Waals surface area contributed by atoms with E-state index in [1.807, 2.05) is 0 Å². The average molecular weight is 400 g/mol. The highest BCUT2D eigenvalue weighted by Gasteiger charge is 2.33. The fourth-order valence-corrected chi connectivity index (χ4v) is 3.48. The van der Waals surface area contributed by atoms with Crippen molar-refractivity contribution in [3.63, 3.8) is 0 Å². The molecule has 2 rings (SSSR count). The molecule has 0 heterocycles. The van der Waals surface area contributed by atoms with E-state index in [0.29, 0.717) is 38.8 Å². The van der Waals surface area contributed by atoms with Crippen LogP contribution in [-0.4, -0.2) is 38.1 Å². The van der Waals surface area contributed by atoms with Crippen molar-refractivity contribution in [2.24, 2.45) is 5.92 Å². The third-order valence-electron chi connectivity index (χ3n) is 4.96. The Morgan fingerprint density at radius 1 is 1.14 bits per heavy atom. The van der Waals surface area contributed by atoms with Gasteiger partial charge in [-0.2, -0.15) is 13.2 Å². The first-order valence-electron chi connectivity index (χ1n) is 9.52. The van der Waals surface area contributed by atoms with Gasteiger partial charge in [0, 0.05) is 32.2 Å². The van der Waals surface area contributed by atoms with Gasteiger partial charge in [0.25, 0.3) is 0 Å². The molecule has 0 spiro atoms. The highest BCUT2D eigenvalue weighted by Crippen LogP contribution is 2.32. The van der Waals surface area contributed by atoms with E-state index in [4.69, 9.17) is 4.74 Å². The van der Waals surface area contributed by atoms with Crippen molar-refractivity contribution in [2.75, 3.05) is 20.3 Å². The smallest absolute Gasteiger partial charge is 0.385 e. The van der Waals surface area contributed by atoms with E-state index in [1.165, 1.54) is 18.2 Å². The number of carbonyl (C=O) groups excluding carboxylic acids is 2. The lowest BCUT2D eigenvalue weighted by Crippen LogP contribution is -2.41. The summed E-state index contributed by atoms with van der Waals surface area (Å²) in [5.74, 6) is -0.495. The number of hydrogen-bond acceptors (Lipinski definition) is 3. The van der Waals surface area contributed by atoms with E-state index in [1.54, 1.807) is 7.11 Å². The summed E-state index contributed by atoms with van der Waals surface area (Å²) in [6.07, 6.45) is -1.44. The zero-order valence-electron chi connectivity index (χ0n) is 16.0. The molecule has 2 N–H and O–H groups in total. The number of methoxy groups -OCH3 is 1. The monoisotopic (exact) mass is 400 g/mol. The van der Waals surface area contributed by atoms with Crippen LogP contribution in [0.5, 0.6) is 0 Å². The van der Waals surface area contributed by atoms with Gasteiger partial charge < -0.3 is 15.4 Å². The van der Waals surface area contributed by atoms with Gasteiger partial charge in [-0.15, -0.1) is 0 Å². The summed E-state index contributed by atoms with van der Waals surface area (Å²) < 4.78 is 44.0. The van der Waals surface area contributed by atoms with Crippen LogP contribution in [0, 0.1) is 5.92 Å². The summed E-state index contributed by atoms with van der Waals surface area (Å²) >= 11 is 0. The molecule has 8 heteroatoms. The maximum Gasteiger partial charge on any atom is 0.416 e. The second-order valence-electron chi connectivity index (χ2n) is 7.09. The molecule has 0 saturated heterocycles. The number of rotatable bonds is 8. The molecule has 156 valence electrons. The fraction of sp³-hybridized carbons (Fsp3) is 0.600. The molecule has 1 aliphatic rings. The van der Waals surface area contributed by atoms with Gasteiger partial charge in [0.1, 0.15) is 0 Å². The van der Waals surface area contributed by atoms with Gasteiger partial charge in [-0.1, -0.05) is 18.2 Å². The van der Waals surface area contributed by atoms with Crippen LogP contribution in [0.25, 0.3) is 0 Å². The molecule has 1 aliphatic carbocycles. The standard InChI is InChI=1S/C20H27F3N2O3/c1-28-12-4-11-24-19(27)14-7-9-16(10-8-14)25-18(26)13-15-5-2-3-6-17(15)20(21,22)23/h2-3,5-6,14,16H,4,7-13H2,1H3,(H,24,27)(H,25,26). The number of nitrogens with one attached hydrogen (secondary N) is 2. The van der Waals surface area contributed by atoms with Gasteiger partial charge in [-0.25, -0.2) is 0 Å². The first-order valence-corrected chi connectivity index (χ1v) is 9.52. The predicted octanol–water partition coefficient (Wildman–Crippen LogP) is 3.08. The summed E-state index contributed by atoms with van der Waals surface area (Å²) in [6.45, 7) is 1.17. The Morgan fingerprint density at radius 3 is 2.46 bits per heavy atom. The molecular weight excluding hydrogens is 373 g/mol. The van der Waals surface area contributed by atoms with Crippen LogP contribution < -0.4 is 10.6 Å². The zero-order valence-corrected chi connectivity index (χ0v) is 16.0. The maximum atomic E-state index is 13.0. The number of ether oxygens (including phenoxy) is 1. The first kappa shape index (κ1) is 22.2. The number of benzene rings is 1. The molecule has 0 unspecified atom stereocenters. The predicted molar refractivity (Wildman–Crippen MR) is 98.5 cm³/mol. The summed E-state index contributed by atoms with van der Waals surface area (Å²) in [5.41, 5.74) is -0.810. The molecule has 0 radical (unpaired) electrons. The lowest BCUT2D eigenvalue weighted by atomic mass is 9.85. The number of hydrogen-bond donors (Lipinski definition) is 2. The maximum absolute atomic E-state index is 13.0. The largest absolute Gasteiger partial charge is 0.416 e. The Balaban J connectivity index is 1.77. The minimum absolute atomic E-state index is 0.0139. The van der Waals surface area contributed by atoms with Gasteiger partial charge in [-0.3, -0.25) is 9.59 Å². The molecule has 0 aromatic heterocycles. The highest BCUT2D eigenvalue weighted by molar-refractivity contribution is 5.80. The van der Waals surface area contributed by atoms with E-state index in [-0.39, 0.29) is 29.9 Å². The minimum atomic E-state index is -4.48. The van der Waals surface area contributed by atoms with Gasteiger partial charge in [0.2, 0.25) is 11.8 Å². The molecule has 5 nitrogen and oxygen atoms in total. The number of halogens is 3. The third-order valence-corrected chi connectivity index (χ3v) is 4.96. The van der Waals surface area contributed by atoms with Crippen LogP contribution in [0.1, 0.15) is 43.2 Å². The van der Waals surface area contributed by atoms with Crippen LogP contribution in [0.4, 0.5) is 13.2 Å². The van der Waals surface area contributed by atoms with E-state index >= 15 is 0 Å². The molecule has 1 aromatic carbocycles. The molecule has 1 fully saturated rings. The Labute approximate surface area is 163 Å². The third kappa shape index (κ3) is 6.82. The molecule has 0 bridgehead atoms. The summed E-state index contributed by atoms with van der Waals surface area (Å²) in [5, 5.41) is 5.69. The van der Waals surface area contributed by atoms with Crippen molar-refractivity contribution in [1.82, 2.24) is 10.6 Å². The van der Waals surface area contributed by atoms with Crippen LogP contribution in [0.2, 0.25) is 0 Å². The van der Waals surface area contributed by atoms with Gasteiger partial charge in [0.05, 0.1) is 12.0 Å². The number of amides is 2. The molecule has 0 atom stereocenters. The summed E-state index contributed by atoms with van der Waals surface area (Å²) in [4.78, 5) is 24.3. The van der Waals surface area contributed by atoms with E-state index in [9.17, 15) is 22.8 Å². The van der Waals surface area contributed by atoms with Crippen molar-refractivity contribution in [3.8, 4) is 0 Å². The van der Waals surface area contributed by atoms with Gasteiger partial charge >= 0.3 is 6.18 Å². The molecule has 2 amide bonds. The van der Waals surface area contributed by atoms with Crippen LogP contribution in [-0.2, 0) is 26.9 Å². The van der Waals surface area contributed by atoms with Crippen molar-refractivity contribution in [1.29, 1.82) is 0 Å². The highest BCUT2D eigenvalue weighted by atomic mass is 19.4. The summed E-state index contributed by atoms with van der Waals surface area (Å²) in [6, 6.07) is 5.01. The normalized spacial score (nSPS) is 19.9.